The van der Waals surface area contributed by atoms with E-state index in [4.69, 9.17) is 0 Å². The van der Waals surface area contributed by atoms with Gasteiger partial charge in [0, 0.05) is 47.0 Å². The monoisotopic (exact) mass is 761 g/mol. The van der Waals surface area contributed by atoms with Crippen LogP contribution in [0.25, 0.3) is 84.9 Å². The Morgan fingerprint density at radius 1 is 0.298 bits per heavy atom. The maximum atomic E-state index is 2.48. The van der Waals surface area contributed by atoms with Gasteiger partial charge < -0.3 is 4.90 Å². The standard InChI is InChI=1S/C54H35NS2/c1-4-15-36(16-5-1)40-33-41(37-17-6-2-7-18-37)35-43(34-40)55(42-29-27-39(28-30-42)45-23-14-24-47-46-21-10-12-25-50(46)56-53(45)47)49-32-31-44(38-19-8-3-9-20-38)52-48-22-11-13-26-51(48)57-54(49)52/h1-35H. The molecule has 0 aliphatic rings. The third-order valence-corrected chi connectivity index (χ3v) is 13.5. The lowest BCUT2D eigenvalue weighted by molar-refractivity contribution is 1.30. The molecule has 0 atom stereocenters. The topological polar surface area (TPSA) is 3.24 Å². The Morgan fingerprint density at radius 2 is 0.825 bits per heavy atom. The molecule has 0 fully saturated rings. The highest BCUT2D eigenvalue weighted by Gasteiger charge is 2.22. The lowest BCUT2D eigenvalue weighted by Crippen LogP contribution is -2.10. The van der Waals surface area contributed by atoms with Gasteiger partial charge in [-0.15, -0.1) is 22.7 Å². The molecular weight excluding hydrogens is 727 g/mol. The SMILES string of the molecule is c1ccc(-c2cc(-c3ccccc3)cc(N(c3ccc(-c4cccc5c4sc4ccccc45)cc3)c3ccc(-c4ccccc4)c4c3sc3ccccc34)c2)cc1. The Balaban J connectivity index is 1.16. The van der Waals surface area contributed by atoms with Crippen molar-refractivity contribution >= 4 is 80.1 Å². The molecule has 57 heavy (non-hydrogen) atoms. The van der Waals surface area contributed by atoms with Crippen LogP contribution in [0.5, 0.6) is 0 Å². The molecule has 0 amide bonds. The average molecular weight is 762 g/mol. The highest BCUT2D eigenvalue weighted by Crippen LogP contribution is 2.49. The molecule has 0 saturated carbocycles. The van der Waals surface area contributed by atoms with E-state index in [9.17, 15) is 0 Å². The molecule has 0 bridgehead atoms. The van der Waals surface area contributed by atoms with Crippen molar-refractivity contribution in [1.82, 2.24) is 0 Å². The van der Waals surface area contributed by atoms with Crippen LogP contribution in [0.4, 0.5) is 17.1 Å². The second-order valence-electron chi connectivity index (χ2n) is 14.5. The van der Waals surface area contributed by atoms with Crippen molar-refractivity contribution in [1.29, 1.82) is 0 Å². The largest absolute Gasteiger partial charge is 0.309 e. The van der Waals surface area contributed by atoms with Crippen LogP contribution in [-0.4, -0.2) is 0 Å². The van der Waals surface area contributed by atoms with Crippen LogP contribution in [0.15, 0.2) is 212 Å². The highest BCUT2D eigenvalue weighted by atomic mass is 32.1. The zero-order valence-electron chi connectivity index (χ0n) is 31.0. The fourth-order valence-corrected chi connectivity index (χ4v) is 10.8. The maximum Gasteiger partial charge on any atom is 0.0640 e. The van der Waals surface area contributed by atoms with Gasteiger partial charge in [-0.2, -0.15) is 0 Å². The molecule has 9 aromatic carbocycles. The molecule has 11 rings (SSSR count). The highest BCUT2D eigenvalue weighted by molar-refractivity contribution is 7.26. The van der Waals surface area contributed by atoms with Crippen LogP contribution in [-0.2, 0) is 0 Å². The lowest BCUT2D eigenvalue weighted by Gasteiger charge is -2.28. The summed E-state index contributed by atoms with van der Waals surface area (Å²) in [5.41, 5.74) is 13.1. The van der Waals surface area contributed by atoms with Crippen molar-refractivity contribution in [3.63, 3.8) is 0 Å². The Labute approximate surface area is 340 Å². The number of fused-ring (bicyclic) bond motifs is 6. The molecule has 1 nitrogen and oxygen atoms in total. The van der Waals surface area contributed by atoms with Crippen molar-refractivity contribution < 1.29 is 0 Å². The van der Waals surface area contributed by atoms with Crippen LogP contribution in [0, 0.1) is 0 Å². The van der Waals surface area contributed by atoms with E-state index >= 15 is 0 Å². The van der Waals surface area contributed by atoms with E-state index in [2.05, 4.69) is 217 Å². The van der Waals surface area contributed by atoms with Crippen molar-refractivity contribution in [3.8, 4) is 44.5 Å². The maximum absolute atomic E-state index is 2.48. The molecule has 3 heteroatoms. The van der Waals surface area contributed by atoms with Crippen LogP contribution >= 0.6 is 22.7 Å². The number of rotatable bonds is 7. The normalized spacial score (nSPS) is 11.5. The minimum Gasteiger partial charge on any atom is -0.309 e. The van der Waals surface area contributed by atoms with Gasteiger partial charge in [0.25, 0.3) is 0 Å². The summed E-state index contributed by atoms with van der Waals surface area (Å²) >= 11 is 3.76. The van der Waals surface area contributed by atoms with Gasteiger partial charge in [0.15, 0.2) is 0 Å². The quantitative estimate of drug-likeness (QED) is 0.156. The first-order valence-corrected chi connectivity index (χ1v) is 21.0. The van der Waals surface area contributed by atoms with Crippen molar-refractivity contribution in [2.75, 3.05) is 4.90 Å². The van der Waals surface area contributed by atoms with E-state index in [0.29, 0.717) is 0 Å². The molecule has 0 spiro atoms. The van der Waals surface area contributed by atoms with Gasteiger partial charge in [0.1, 0.15) is 0 Å². The zero-order chi connectivity index (χ0) is 37.7. The molecular formula is C54H35NS2. The molecule has 0 aliphatic heterocycles. The number of anilines is 3. The van der Waals surface area contributed by atoms with Crippen molar-refractivity contribution in [2.24, 2.45) is 0 Å². The third-order valence-electron chi connectivity index (χ3n) is 11.1. The van der Waals surface area contributed by atoms with Gasteiger partial charge in [0.2, 0.25) is 0 Å². The summed E-state index contributed by atoms with van der Waals surface area (Å²) in [5.74, 6) is 0. The summed E-state index contributed by atoms with van der Waals surface area (Å²) in [7, 11) is 0. The molecule has 0 radical (unpaired) electrons. The minimum atomic E-state index is 1.11. The second-order valence-corrected chi connectivity index (χ2v) is 16.6. The number of nitrogens with zero attached hydrogens (tertiary/aromatic N) is 1. The van der Waals surface area contributed by atoms with Gasteiger partial charge in [-0.05, 0) is 93.0 Å². The number of thiophene rings is 2. The minimum absolute atomic E-state index is 1.11. The van der Waals surface area contributed by atoms with Crippen LogP contribution in [0.2, 0.25) is 0 Å². The number of benzene rings is 9. The van der Waals surface area contributed by atoms with Gasteiger partial charge in [-0.25, -0.2) is 0 Å². The summed E-state index contributed by atoms with van der Waals surface area (Å²) in [5, 5.41) is 5.21. The van der Waals surface area contributed by atoms with Gasteiger partial charge >= 0.3 is 0 Å². The Hall–Kier alpha value is -6.78. The average Bonchev–Trinajstić information content (AvgIpc) is 3.87. The second kappa shape index (κ2) is 14.1. The molecule has 11 aromatic rings. The molecule has 2 aromatic heterocycles. The summed E-state index contributed by atoms with van der Waals surface area (Å²) in [6.07, 6.45) is 0. The van der Waals surface area contributed by atoms with Crippen molar-refractivity contribution in [3.05, 3.63) is 212 Å². The molecule has 268 valence electrons. The predicted molar refractivity (Wildman–Crippen MR) is 249 cm³/mol. The molecule has 2 heterocycles. The van der Waals surface area contributed by atoms with E-state index in [1.165, 1.54) is 84.9 Å². The molecule has 0 saturated heterocycles. The van der Waals surface area contributed by atoms with Gasteiger partial charge in [0.05, 0.1) is 10.4 Å². The van der Waals surface area contributed by atoms with Gasteiger partial charge in [-0.3, -0.25) is 0 Å². The first-order valence-electron chi connectivity index (χ1n) is 19.3. The Morgan fingerprint density at radius 3 is 1.49 bits per heavy atom. The summed E-state index contributed by atoms with van der Waals surface area (Å²) in [4.78, 5) is 2.48. The van der Waals surface area contributed by atoms with E-state index in [-0.39, 0.29) is 0 Å². The van der Waals surface area contributed by atoms with E-state index < -0.39 is 0 Å². The van der Waals surface area contributed by atoms with Crippen molar-refractivity contribution in [2.45, 2.75) is 0 Å². The summed E-state index contributed by atoms with van der Waals surface area (Å²) in [6.45, 7) is 0. The third kappa shape index (κ3) is 5.91. The van der Waals surface area contributed by atoms with Gasteiger partial charge in [-0.1, -0.05) is 164 Å². The first kappa shape index (κ1) is 33.5. The van der Waals surface area contributed by atoms with Crippen LogP contribution < -0.4 is 4.90 Å². The predicted octanol–water partition coefficient (Wildman–Crippen LogP) is 16.6. The van der Waals surface area contributed by atoms with E-state index in [1.54, 1.807) is 0 Å². The Kier molecular flexibility index (Phi) is 8.28. The first-order chi connectivity index (χ1) is 28.3. The smallest absolute Gasteiger partial charge is 0.0640 e. The van der Waals surface area contributed by atoms with Crippen LogP contribution in [0.1, 0.15) is 0 Å². The number of hydrogen-bond donors (Lipinski definition) is 0. The van der Waals surface area contributed by atoms with Crippen LogP contribution in [0.3, 0.4) is 0 Å². The fraction of sp³-hybridized carbons (Fsp3) is 0. The fourth-order valence-electron chi connectivity index (χ4n) is 8.38. The lowest BCUT2D eigenvalue weighted by atomic mass is 9.96. The molecule has 0 unspecified atom stereocenters. The van der Waals surface area contributed by atoms with E-state index in [1.807, 2.05) is 22.7 Å². The molecule has 0 N–H and O–H groups in total. The molecule has 0 aliphatic carbocycles. The zero-order valence-corrected chi connectivity index (χ0v) is 32.6. The summed E-state index contributed by atoms with van der Waals surface area (Å²) < 4.78 is 5.20. The number of hydrogen-bond acceptors (Lipinski definition) is 3. The van der Waals surface area contributed by atoms with E-state index in [0.717, 1.165) is 17.1 Å². The summed E-state index contributed by atoms with van der Waals surface area (Å²) in [6, 6.07) is 77.6. The Bertz CT molecular complexity index is 3160.